The van der Waals surface area contributed by atoms with Crippen LogP contribution in [0.2, 0.25) is 0 Å². The highest BCUT2D eigenvalue weighted by Gasteiger charge is 2.30. The number of urea groups is 1. The summed E-state index contributed by atoms with van der Waals surface area (Å²) >= 11 is 0. The zero-order valence-electron chi connectivity index (χ0n) is 15.2. The molecule has 1 N–H and O–H groups in total. The summed E-state index contributed by atoms with van der Waals surface area (Å²) in [6.07, 6.45) is 5.51. The number of methoxy groups -OCH3 is 1. The van der Waals surface area contributed by atoms with Crippen molar-refractivity contribution in [2.75, 3.05) is 19.0 Å². The summed E-state index contributed by atoms with van der Waals surface area (Å²) in [5.41, 5.74) is 2.68. The van der Waals surface area contributed by atoms with Crippen LogP contribution in [0.5, 0.6) is 5.75 Å². The van der Waals surface area contributed by atoms with Crippen molar-refractivity contribution in [1.82, 2.24) is 14.7 Å². The Morgan fingerprint density at radius 1 is 1.19 bits per heavy atom. The molecule has 0 spiro atoms. The predicted molar refractivity (Wildman–Crippen MR) is 104 cm³/mol. The minimum absolute atomic E-state index is 0.0527. The molecule has 1 aliphatic heterocycles. The summed E-state index contributed by atoms with van der Waals surface area (Å²) < 4.78 is 7.08. The number of likely N-dealkylation sites (tertiary alicyclic amines) is 1. The van der Waals surface area contributed by atoms with Crippen molar-refractivity contribution < 1.29 is 9.53 Å². The molecular formula is C21H22N4O2. The standard InChI is InChI=1S/C21H22N4O2/c1-27-17-8-4-7-16(15-17)19-11-5-13-24(19)21(26)23-18-9-2-3-10-20(18)25-14-6-12-22-25/h2-4,6-10,12,14-15,19H,5,11,13H2,1H3,(H,23,26)/t19-/m1/s1. The van der Waals surface area contributed by atoms with Crippen LogP contribution in [0.25, 0.3) is 5.69 Å². The van der Waals surface area contributed by atoms with E-state index in [0.29, 0.717) is 0 Å². The number of rotatable bonds is 4. The number of amides is 2. The van der Waals surface area contributed by atoms with Crippen LogP contribution in [0.3, 0.4) is 0 Å². The maximum atomic E-state index is 13.0. The first-order chi connectivity index (χ1) is 13.3. The summed E-state index contributed by atoms with van der Waals surface area (Å²) in [6.45, 7) is 0.734. The van der Waals surface area contributed by atoms with Crippen molar-refractivity contribution in [2.45, 2.75) is 18.9 Å². The molecule has 1 aliphatic rings. The maximum absolute atomic E-state index is 13.0. The van der Waals surface area contributed by atoms with Gasteiger partial charge < -0.3 is 15.0 Å². The van der Waals surface area contributed by atoms with Crippen molar-refractivity contribution in [2.24, 2.45) is 0 Å². The van der Waals surface area contributed by atoms with Gasteiger partial charge in [0.25, 0.3) is 0 Å². The molecule has 2 amide bonds. The van der Waals surface area contributed by atoms with Gasteiger partial charge in [0.15, 0.2) is 0 Å². The van der Waals surface area contributed by atoms with E-state index in [4.69, 9.17) is 4.74 Å². The molecule has 0 bridgehead atoms. The van der Waals surface area contributed by atoms with E-state index in [1.807, 2.05) is 59.6 Å². The summed E-state index contributed by atoms with van der Waals surface area (Å²) in [5, 5.41) is 7.34. The Bertz CT molecular complexity index is 923. The van der Waals surface area contributed by atoms with Gasteiger partial charge in [-0.2, -0.15) is 5.10 Å². The molecule has 2 aromatic carbocycles. The molecular weight excluding hydrogens is 340 g/mol. The van der Waals surface area contributed by atoms with Gasteiger partial charge in [0, 0.05) is 18.9 Å². The molecule has 4 rings (SSSR count). The fourth-order valence-corrected chi connectivity index (χ4v) is 3.58. The van der Waals surface area contributed by atoms with Crippen LogP contribution in [0, 0.1) is 0 Å². The second-order valence-corrected chi connectivity index (χ2v) is 6.53. The summed E-state index contributed by atoms with van der Waals surface area (Å²) in [4.78, 5) is 14.9. The molecule has 1 aromatic heterocycles. The second kappa shape index (κ2) is 7.53. The van der Waals surface area contributed by atoms with E-state index in [1.54, 1.807) is 18.0 Å². The van der Waals surface area contributed by atoms with Gasteiger partial charge in [-0.15, -0.1) is 0 Å². The highest BCUT2D eigenvalue weighted by molar-refractivity contribution is 5.92. The lowest BCUT2D eigenvalue weighted by molar-refractivity contribution is 0.207. The molecule has 1 atom stereocenters. The van der Waals surface area contributed by atoms with Crippen LogP contribution in [-0.2, 0) is 0 Å². The topological polar surface area (TPSA) is 59.4 Å². The van der Waals surface area contributed by atoms with Crippen LogP contribution >= 0.6 is 0 Å². The molecule has 6 nitrogen and oxygen atoms in total. The Kier molecular flexibility index (Phi) is 4.78. The number of aromatic nitrogens is 2. The highest BCUT2D eigenvalue weighted by Crippen LogP contribution is 2.34. The van der Waals surface area contributed by atoms with E-state index < -0.39 is 0 Å². The van der Waals surface area contributed by atoms with Crippen LogP contribution in [0.15, 0.2) is 67.0 Å². The number of ether oxygens (including phenoxy) is 1. The first-order valence-electron chi connectivity index (χ1n) is 9.07. The van der Waals surface area contributed by atoms with E-state index in [0.717, 1.165) is 42.1 Å². The van der Waals surface area contributed by atoms with Crippen molar-refractivity contribution in [3.05, 3.63) is 72.6 Å². The van der Waals surface area contributed by atoms with Crippen LogP contribution in [0.1, 0.15) is 24.4 Å². The second-order valence-electron chi connectivity index (χ2n) is 6.53. The smallest absolute Gasteiger partial charge is 0.322 e. The van der Waals surface area contributed by atoms with E-state index in [9.17, 15) is 4.79 Å². The number of carbonyl (C=O) groups excluding carboxylic acids is 1. The number of hydrogen-bond acceptors (Lipinski definition) is 3. The van der Waals surface area contributed by atoms with Gasteiger partial charge in [0.1, 0.15) is 5.75 Å². The minimum atomic E-state index is -0.0973. The van der Waals surface area contributed by atoms with E-state index >= 15 is 0 Å². The molecule has 1 saturated heterocycles. The van der Waals surface area contributed by atoms with Gasteiger partial charge in [0.05, 0.1) is 24.5 Å². The predicted octanol–water partition coefficient (Wildman–Crippen LogP) is 4.25. The number of benzene rings is 2. The van der Waals surface area contributed by atoms with E-state index in [1.165, 1.54) is 0 Å². The van der Waals surface area contributed by atoms with Gasteiger partial charge in [-0.25, -0.2) is 9.48 Å². The van der Waals surface area contributed by atoms with Crippen molar-refractivity contribution in [3.8, 4) is 11.4 Å². The number of anilines is 1. The minimum Gasteiger partial charge on any atom is -0.497 e. The Labute approximate surface area is 158 Å². The summed E-state index contributed by atoms with van der Waals surface area (Å²) in [6, 6.07) is 17.4. The molecule has 0 saturated carbocycles. The third kappa shape index (κ3) is 3.51. The van der Waals surface area contributed by atoms with E-state index in [-0.39, 0.29) is 12.1 Å². The summed E-state index contributed by atoms with van der Waals surface area (Å²) in [5.74, 6) is 0.809. The lowest BCUT2D eigenvalue weighted by Gasteiger charge is -2.26. The lowest BCUT2D eigenvalue weighted by atomic mass is 10.0. The summed E-state index contributed by atoms with van der Waals surface area (Å²) in [7, 11) is 1.66. The van der Waals surface area contributed by atoms with Gasteiger partial charge >= 0.3 is 6.03 Å². The number of carbonyl (C=O) groups is 1. The van der Waals surface area contributed by atoms with E-state index in [2.05, 4.69) is 16.5 Å². The Morgan fingerprint density at radius 2 is 2.07 bits per heavy atom. The molecule has 0 radical (unpaired) electrons. The average molecular weight is 362 g/mol. The monoisotopic (exact) mass is 362 g/mol. The number of para-hydroxylation sites is 2. The van der Waals surface area contributed by atoms with Crippen LogP contribution in [-0.4, -0.2) is 34.4 Å². The largest absolute Gasteiger partial charge is 0.497 e. The molecule has 0 unspecified atom stereocenters. The molecule has 0 aliphatic carbocycles. The Balaban J connectivity index is 1.56. The molecule has 1 fully saturated rings. The average Bonchev–Trinajstić information content (AvgIpc) is 3.40. The van der Waals surface area contributed by atoms with Crippen LogP contribution in [0.4, 0.5) is 10.5 Å². The van der Waals surface area contributed by atoms with Crippen LogP contribution < -0.4 is 10.1 Å². The maximum Gasteiger partial charge on any atom is 0.322 e. The first kappa shape index (κ1) is 17.1. The first-order valence-corrected chi connectivity index (χ1v) is 9.07. The third-order valence-corrected chi connectivity index (χ3v) is 4.89. The normalized spacial score (nSPS) is 16.3. The fourth-order valence-electron chi connectivity index (χ4n) is 3.58. The molecule has 27 heavy (non-hydrogen) atoms. The van der Waals surface area contributed by atoms with Gasteiger partial charge in [0.2, 0.25) is 0 Å². The quantitative estimate of drug-likeness (QED) is 0.755. The molecule has 2 heterocycles. The fraction of sp³-hybridized carbons (Fsp3) is 0.238. The third-order valence-electron chi connectivity index (χ3n) is 4.89. The Morgan fingerprint density at radius 3 is 2.89 bits per heavy atom. The zero-order chi connectivity index (χ0) is 18.6. The van der Waals surface area contributed by atoms with Gasteiger partial charge in [-0.05, 0) is 48.7 Å². The number of nitrogens with zero attached hydrogens (tertiary/aromatic N) is 3. The van der Waals surface area contributed by atoms with Crippen molar-refractivity contribution in [3.63, 3.8) is 0 Å². The highest BCUT2D eigenvalue weighted by atomic mass is 16.5. The Hall–Kier alpha value is -3.28. The zero-order valence-corrected chi connectivity index (χ0v) is 15.2. The van der Waals surface area contributed by atoms with Gasteiger partial charge in [-0.3, -0.25) is 0 Å². The van der Waals surface area contributed by atoms with Crippen molar-refractivity contribution >= 4 is 11.7 Å². The number of hydrogen-bond donors (Lipinski definition) is 1. The molecule has 138 valence electrons. The lowest BCUT2D eigenvalue weighted by Crippen LogP contribution is -2.34. The molecule has 6 heteroatoms. The number of nitrogens with one attached hydrogen (secondary N) is 1. The van der Waals surface area contributed by atoms with Crippen molar-refractivity contribution in [1.29, 1.82) is 0 Å². The van der Waals surface area contributed by atoms with Gasteiger partial charge in [-0.1, -0.05) is 24.3 Å². The molecule has 3 aromatic rings. The SMILES string of the molecule is COc1cccc([C@H]2CCCN2C(=O)Nc2ccccc2-n2cccn2)c1.